The fourth-order valence-electron chi connectivity index (χ4n) is 4.54. The lowest BCUT2D eigenvalue weighted by atomic mass is 9.94. The van der Waals surface area contributed by atoms with Gasteiger partial charge < -0.3 is 25.0 Å². The zero-order valence-corrected chi connectivity index (χ0v) is 20.2. The van der Waals surface area contributed by atoms with Gasteiger partial charge in [0.1, 0.15) is 30.1 Å². The molecule has 3 atom stereocenters. The highest BCUT2D eigenvalue weighted by Gasteiger charge is 2.39. The molecule has 192 valence electrons. The molecule has 8 nitrogen and oxygen atoms in total. The van der Waals surface area contributed by atoms with Crippen LogP contribution in [0.4, 0.5) is 14.5 Å². The molecule has 4 rings (SSSR count). The monoisotopic (exact) mass is 501 g/mol. The maximum absolute atomic E-state index is 13.5. The summed E-state index contributed by atoms with van der Waals surface area (Å²) < 4.78 is 39.1. The Morgan fingerprint density at radius 2 is 1.86 bits per heavy atom. The minimum atomic E-state index is -0.864. The van der Waals surface area contributed by atoms with Gasteiger partial charge in [-0.1, -0.05) is 6.92 Å². The Balaban J connectivity index is 1.47. The number of carbonyl (C=O) groups excluding carboxylic acids is 3. The molecule has 0 aliphatic carbocycles. The molecule has 0 spiro atoms. The van der Waals surface area contributed by atoms with E-state index in [1.807, 2.05) is 6.92 Å². The van der Waals surface area contributed by atoms with E-state index in [0.29, 0.717) is 31.2 Å². The molecule has 2 aromatic carbocycles. The second-order valence-electron chi connectivity index (χ2n) is 9.05. The molecule has 0 unspecified atom stereocenters. The van der Waals surface area contributed by atoms with Crippen molar-refractivity contribution in [3.8, 4) is 5.75 Å². The van der Waals surface area contributed by atoms with Gasteiger partial charge in [-0.05, 0) is 49.6 Å². The van der Waals surface area contributed by atoms with Crippen LogP contribution in [-0.4, -0.2) is 61.1 Å². The van der Waals surface area contributed by atoms with Crippen molar-refractivity contribution in [2.75, 3.05) is 25.5 Å². The van der Waals surface area contributed by atoms with Crippen molar-refractivity contribution in [2.45, 2.75) is 50.9 Å². The van der Waals surface area contributed by atoms with E-state index < -0.39 is 23.6 Å². The Bertz CT molecular complexity index is 1140. The van der Waals surface area contributed by atoms with Gasteiger partial charge in [-0.3, -0.25) is 14.4 Å². The lowest BCUT2D eigenvalue weighted by Gasteiger charge is -2.42. The topological polar surface area (TPSA) is 97.0 Å². The number of carbonyl (C=O) groups is 3. The Morgan fingerprint density at radius 1 is 1.11 bits per heavy atom. The van der Waals surface area contributed by atoms with Crippen LogP contribution in [0.15, 0.2) is 36.4 Å². The van der Waals surface area contributed by atoms with Crippen LogP contribution in [0, 0.1) is 11.6 Å². The average Bonchev–Trinajstić information content (AvgIpc) is 2.84. The largest absolute Gasteiger partial charge is 0.490 e. The Morgan fingerprint density at radius 3 is 2.58 bits per heavy atom. The molecule has 0 aromatic heterocycles. The molecule has 3 amide bonds. The van der Waals surface area contributed by atoms with Gasteiger partial charge in [-0.15, -0.1) is 0 Å². The smallest absolute Gasteiger partial charge is 0.257 e. The molecule has 2 heterocycles. The molecule has 2 N–H and O–H groups in total. The van der Waals surface area contributed by atoms with Crippen molar-refractivity contribution < 1.29 is 32.6 Å². The Labute approximate surface area is 207 Å². The van der Waals surface area contributed by atoms with Crippen molar-refractivity contribution in [2.24, 2.45) is 0 Å². The molecule has 2 aromatic rings. The van der Waals surface area contributed by atoms with Crippen LogP contribution in [0.25, 0.3) is 0 Å². The number of amides is 3. The average molecular weight is 502 g/mol. The number of likely N-dealkylation sites (N-methyl/N-ethyl adjacent to an activating group) is 1. The van der Waals surface area contributed by atoms with E-state index in [0.717, 1.165) is 18.6 Å². The fourth-order valence-corrected chi connectivity index (χ4v) is 4.54. The summed E-state index contributed by atoms with van der Waals surface area (Å²) in [5, 5.41) is 5.42. The van der Waals surface area contributed by atoms with Gasteiger partial charge in [0.25, 0.3) is 11.8 Å². The lowest BCUT2D eigenvalue weighted by Crippen LogP contribution is -2.54. The Kier molecular flexibility index (Phi) is 7.83. The second kappa shape index (κ2) is 11.0. The minimum Gasteiger partial charge on any atom is -0.490 e. The molecule has 0 radical (unpaired) electrons. The quantitative estimate of drug-likeness (QED) is 0.632. The number of nitrogens with one attached hydrogen (secondary N) is 2. The van der Waals surface area contributed by atoms with E-state index in [2.05, 4.69) is 10.6 Å². The van der Waals surface area contributed by atoms with E-state index >= 15 is 0 Å². The third-order valence-electron chi connectivity index (χ3n) is 6.38. The van der Waals surface area contributed by atoms with Crippen LogP contribution < -0.4 is 15.4 Å². The summed E-state index contributed by atoms with van der Waals surface area (Å²) in [6.45, 7) is 2.80. The van der Waals surface area contributed by atoms with E-state index in [1.54, 1.807) is 24.1 Å². The zero-order chi connectivity index (χ0) is 25.8. The number of hydrogen-bond acceptors (Lipinski definition) is 5. The fraction of sp³-hybridized carbons (Fsp3) is 0.423. The van der Waals surface area contributed by atoms with Gasteiger partial charge in [0.05, 0.1) is 24.1 Å². The summed E-state index contributed by atoms with van der Waals surface area (Å²) in [5.41, 5.74) is 0.350. The van der Waals surface area contributed by atoms with Crippen LogP contribution in [-0.2, 0) is 9.53 Å². The van der Waals surface area contributed by atoms with Crippen molar-refractivity contribution in [3.05, 3.63) is 59.2 Å². The van der Waals surface area contributed by atoms with Crippen molar-refractivity contribution in [1.82, 2.24) is 10.2 Å². The van der Waals surface area contributed by atoms with E-state index in [4.69, 9.17) is 9.47 Å². The number of benzene rings is 2. The maximum atomic E-state index is 13.5. The number of ether oxygens (including phenoxy) is 2. The van der Waals surface area contributed by atoms with Gasteiger partial charge in [0.2, 0.25) is 5.91 Å². The molecule has 2 aliphatic heterocycles. The van der Waals surface area contributed by atoms with E-state index in [9.17, 15) is 23.2 Å². The van der Waals surface area contributed by atoms with Gasteiger partial charge in [0, 0.05) is 30.9 Å². The Hall–Kier alpha value is -3.53. The predicted octanol–water partition coefficient (Wildman–Crippen LogP) is 3.51. The molecule has 1 saturated heterocycles. The number of nitrogens with zero attached hydrogens (tertiary/aromatic N) is 1. The van der Waals surface area contributed by atoms with Crippen LogP contribution in [0.5, 0.6) is 5.75 Å². The normalized spacial score (nSPS) is 21.4. The first kappa shape index (κ1) is 25.6. The molecule has 36 heavy (non-hydrogen) atoms. The lowest BCUT2D eigenvalue weighted by molar-refractivity contribution is -0.134. The van der Waals surface area contributed by atoms with Crippen LogP contribution >= 0.6 is 0 Å². The van der Waals surface area contributed by atoms with Crippen molar-refractivity contribution in [3.63, 3.8) is 0 Å². The highest BCUT2D eigenvalue weighted by molar-refractivity contribution is 6.05. The number of hydrogen-bond donors (Lipinski definition) is 2. The zero-order valence-electron chi connectivity index (χ0n) is 20.2. The maximum Gasteiger partial charge on any atom is 0.257 e. The summed E-state index contributed by atoms with van der Waals surface area (Å²) in [4.78, 5) is 39.5. The minimum absolute atomic E-state index is 0.0580. The van der Waals surface area contributed by atoms with E-state index in [1.165, 1.54) is 6.07 Å². The van der Waals surface area contributed by atoms with Crippen LogP contribution in [0.1, 0.15) is 53.3 Å². The van der Waals surface area contributed by atoms with Crippen molar-refractivity contribution >= 4 is 23.4 Å². The first-order chi connectivity index (χ1) is 17.2. The van der Waals surface area contributed by atoms with Crippen LogP contribution in [0.3, 0.4) is 0 Å². The number of rotatable bonds is 6. The van der Waals surface area contributed by atoms with E-state index in [-0.39, 0.29) is 53.8 Å². The second-order valence-corrected chi connectivity index (χ2v) is 9.05. The third kappa shape index (κ3) is 5.81. The third-order valence-corrected chi connectivity index (χ3v) is 6.38. The first-order valence-corrected chi connectivity index (χ1v) is 12.0. The summed E-state index contributed by atoms with van der Waals surface area (Å²) in [7, 11) is 1.69. The SMILES string of the molecule is CCCNC(=O)C[C@H]1CC[C@@H]2[C@@H](COc3ccc(NC(=O)c4cc(F)cc(F)c4)cc3C(=O)N2C)O1. The molecule has 0 saturated carbocycles. The number of anilines is 1. The van der Waals surface area contributed by atoms with Gasteiger partial charge >= 0.3 is 0 Å². The summed E-state index contributed by atoms with van der Waals surface area (Å²) in [6.07, 6.45) is 1.75. The molecule has 1 fully saturated rings. The highest BCUT2D eigenvalue weighted by atomic mass is 19.1. The van der Waals surface area contributed by atoms with Gasteiger partial charge in [-0.25, -0.2) is 8.78 Å². The first-order valence-electron chi connectivity index (χ1n) is 12.0. The molecular formula is C26H29F2N3O5. The summed E-state index contributed by atoms with van der Waals surface area (Å²) >= 11 is 0. The molecular weight excluding hydrogens is 472 g/mol. The highest BCUT2D eigenvalue weighted by Crippen LogP contribution is 2.32. The van der Waals surface area contributed by atoms with Crippen LogP contribution in [0.2, 0.25) is 0 Å². The van der Waals surface area contributed by atoms with Gasteiger partial charge in [-0.2, -0.15) is 0 Å². The predicted molar refractivity (Wildman–Crippen MR) is 128 cm³/mol. The molecule has 10 heteroatoms. The number of fused-ring (bicyclic) bond motifs is 2. The standard InChI is InChI=1S/C26H29F2N3O5/c1-3-8-29-24(32)13-19-5-6-21-23(36-19)14-35-22-7-4-18(12-20(22)26(34)31(21)2)30-25(33)15-9-16(27)11-17(28)10-15/h4,7,9-12,19,21,23H,3,5-6,8,13-14H2,1-2H3,(H,29,32)(H,30,33)/t19-,21-,23-/m1/s1. The van der Waals surface area contributed by atoms with Crippen molar-refractivity contribution in [1.29, 1.82) is 0 Å². The molecule has 0 bridgehead atoms. The van der Waals surface area contributed by atoms with Gasteiger partial charge in [0.15, 0.2) is 0 Å². The summed E-state index contributed by atoms with van der Waals surface area (Å²) in [5.74, 6) is -2.48. The molecule has 2 aliphatic rings. The number of halogens is 2. The summed E-state index contributed by atoms with van der Waals surface area (Å²) in [6, 6.07) is 6.87.